The van der Waals surface area contributed by atoms with Crippen LogP contribution in [0.25, 0.3) is 0 Å². The lowest BCUT2D eigenvalue weighted by atomic mass is 10.2. The molecule has 2 aromatic carbocycles. The Morgan fingerprint density at radius 2 is 2.10 bits per heavy atom. The average Bonchev–Trinajstić information content (AvgIpc) is 2.44. The maximum Gasteiger partial charge on any atom is 0.171 e. The number of hydrogen-bond donors (Lipinski definition) is 2. The van der Waals surface area contributed by atoms with Gasteiger partial charge in [0.2, 0.25) is 0 Å². The van der Waals surface area contributed by atoms with Crippen molar-refractivity contribution in [3.8, 4) is 5.75 Å². The maximum absolute atomic E-state index is 8.63. The summed E-state index contributed by atoms with van der Waals surface area (Å²) in [6.07, 6.45) is 0. The fourth-order valence-corrected chi connectivity index (χ4v) is 2.35. The van der Waals surface area contributed by atoms with Crippen molar-refractivity contribution in [1.82, 2.24) is 0 Å². The smallest absolute Gasteiger partial charge is 0.171 e. The minimum absolute atomic E-state index is 0.0338. The molecule has 0 fully saturated rings. The van der Waals surface area contributed by atoms with Gasteiger partial charge in [-0.3, -0.25) is 0 Å². The summed E-state index contributed by atoms with van der Waals surface area (Å²) in [5.74, 6) is 0.581. The van der Waals surface area contributed by atoms with Crippen LogP contribution in [0.3, 0.4) is 0 Å². The first-order chi connectivity index (χ1) is 9.60. The van der Waals surface area contributed by atoms with E-state index in [1.165, 1.54) is 0 Å². The minimum atomic E-state index is -0.0338. The fraction of sp³-hybridized carbons (Fsp3) is 0.0714. The Morgan fingerprint density at radius 3 is 2.75 bits per heavy atom. The molecule has 2 aromatic rings. The molecule has 0 saturated heterocycles. The van der Waals surface area contributed by atoms with Gasteiger partial charge < -0.3 is 15.7 Å². The number of halogens is 2. The van der Waals surface area contributed by atoms with E-state index in [0.29, 0.717) is 22.9 Å². The van der Waals surface area contributed by atoms with Crippen LogP contribution in [0.2, 0.25) is 5.02 Å². The number of oxime groups is 1. The predicted octanol–water partition coefficient (Wildman–Crippen LogP) is 3.78. The molecule has 104 valence electrons. The molecule has 0 aliphatic heterocycles. The molecule has 0 atom stereocenters. The summed E-state index contributed by atoms with van der Waals surface area (Å²) in [5, 5.41) is 11.9. The third-order valence-corrected chi connectivity index (χ3v) is 3.42. The fourth-order valence-electron chi connectivity index (χ4n) is 1.64. The molecule has 0 unspecified atom stereocenters. The van der Waals surface area contributed by atoms with Crippen LogP contribution in [-0.2, 0) is 6.61 Å². The number of hydrogen-bond acceptors (Lipinski definition) is 3. The summed E-state index contributed by atoms with van der Waals surface area (Å²) in [4.78, 5) is 0. The molecule has 3 N–H and O–H groups in total. The third kappa shape index (κ3) is 3.65. The highest BCUT2D eigenvalue weighted by Crippen LogP contribution is 2.23. The second-order valence-electron chi connectivity index (χ2n) is 4.05. The van der Waals surface area contributed by atoms with Crippen molar-refractivity contribution in [2.24, 2.45) is 10.9 Å². The van der Waals surface area contributed by atoms with E-state index < -0.39 is 0 Å². The molecule has 4 nitrogen and oxygen atoms in total. The van der Waals surface area contributed by atoms with Gasteiger partial charge >= 0.3 is 0 Å². The van der Waals surface area contributed by atoms with Crippen LogP contribution in [-0.4, -0.2) is 11.0 Å². The van der Waals surface area contributed by atoms with Crippen LogP contribution in [0.1, 0.15) is 11.1 Å². The van der Waals surface area contributed by atoms with E-state index in [4.69, 9.17) is 27.3 Å². The second kappa shape index (κ2) is 6.63. The molecular formula is C14H12BrClN2O2. The molecule has 0 spiro atoms. The molecule has 0 aliphatic carbocycles. The molecule has 0 saturated carbocycles. The van der Waals surface area contributed by atoms with Gasteiger partial charge in [-0.05, 0) is 35.9 Å². The summed E-state index contributed by atoms with van der Waals surface area (Å²) < 4.78 is 6.65. The zero-order valence-electron chi connectivity index (χ0n) is 10.4. The molecule has 2 rings (SSSR count). The van der Waals surface area contributed by atoms with Gasteiger partial charge in [-0.2, -0.15) is 0 Å². The van der Waals surface area contributed by atoms with Crippen LogP contribution >= 0.6 is 27.5 Å². The summed E-state index contributed by atoms with van der Waals surface area (Å²) >= 11 is 9.46. The Balaban J connectivity index is 2.09. The Kier molecular flexibility index (Phi) is 4.87. The van der Waals surface area contributed by atoms with E-state index in [-0.39, 0.29) is 5.84 Å². The van der Waals surface area contributed by atoms with Crippen molar-refractivity contribution < 1.29 is 9.94 Å². The Labute approximate surface area is 129 Å². The third-order valence-electron chi connectivity index (χ3n) is 2.62. The lowest BCUT2D eigenvalue weighted by molar-refractivity contribution is 0.306. The summed E-state index contributed by atoms with van der Waals surface area (Å²) in [6, 6.07) is 12.8. The molecule has 0 aromatic heterocycles. The molecule has 0 aliphatic rings. The highest BCUT2D eigenvalue weighted by atomic mass is 79.9. The first-order valence-electron chi connectivity index (χ1n) is 5.75. The van der Waals surface area contributed by atoms with Gasteiger partial charge in [-0.25, -0.2) is 0 Å². The quantitative estimate of drug-likeness (QED) is 0.379. The zero-order valence-corrected chi connectivity index (χ0v) is 12.7. The normalized spacial score (nSPS) is 11.4. The van der Waals surface area contributed by atoms with Gasteiger partial charge in [-0.1, -0.05) is 44.8 Å². The van der Waals surface area contributed by atoms with Gasteiger partial charge in [-0.15, -0.1) is 0 Å². The first kappa shape index (κ1) is 14.7. The van der Waals surface area contributed by atoms with Crippen LogP contribution < -0.4 is 10.5 Å². The van der Waals surface area contributed by atoms with Gasteiger partial charge in [0.25, 0.3) is 0 Å². The monoisotopic (exact) mass is 354 g/mol. The summed E-state index contributed by atoms with van der Waals surface area (Å²) in [7, 11) is 0. The number of ether oxygens (including phenoxy) is 1. The Morgan fingerprint density at radius 1 is 1.30 bits per heavy atom. The van der Waals surface area contributed by atoms with E-state index in [9.17, 15) is 0 Å². The van der Waals surface area contributed by atoms with Crippen LogP contribution in [0.5, 0.6) is 5.75 Å². The van der Waals surface area contributed by atoms with Crippen molar-refractivity contribution >= 4 is 33.4 Å². The molecule has 20 heavy (non-hydrogen) atoms. The van der Waals surface area contributed by atoms with E-state index in [1.54, 1.807) is 18.2 Å². The highest BCUT2D eigenvalue weighted by Gasteiger charge is 2.07. The second-order valence-corrected chi connectivity index (χ2v) is 5.37. The molecule has 0 amide bonds. The summed E-state index contributed by atoms with van der Waals surface area (Å²) in [6.45, 7) is 0.429. The topological polar surface area (TPSA) is 67.8 Å². The molecule has 0 radical (unpaired) electrons. The van der Waals surface area contributed by atoms with Crippen LogP contribution in [0.15, 0.2) is 52.1 Å². The number of benzene rings is 2. The number of nitrogens with two attached hydrogens (primary N) is 1. The van der Waals surface area contributed by atoms with Gasteiger partial charge in [0.1, 0.15) is 12.4 Å². The van der Waals surface area contributed by atoms with Gasteiger partial charge in [0.15, 0.2) is 5.84 Å². The standard InChI is InChI=1S/C14H12BrClN2O2/c15-10-3-1-2-9(6-10)8-20-11-4-5-12(13(16)7-11)14(17)18-19/h1-7,19H,8H2,(H2,17,18). The molecule has 0 bridgehead atoms. The number of amidine groups is 1. The number of rotatable bonds is 4. The van der Waals surface area contributed by atoms with Gasteiger partial charge in [0.05, 0.1) is 5.02 Å². The average molecular weight is 356 g/mol. The largest absolute Gasteiger partial charge is 0.489 e. The van der Waals surface area contributed by atoms with Crippen molar-refractivity contribution in [3.63, 3.8) is 0 Å². The predicted molar refractivity (Wildman–Crippen MR) is 82.4 cm³/mol. The Hall–Kier alpha value is -1.72. The summed E-state index contributed by atoms with van der Waals surface area (Å²) in [5.41, 5.74) is 7.00. The van der Waals surface area contributed by atoms with E-state index in [2.05, 4.69) is 21.1 Å². The zero-order chi connectivity index (χ0) is 14.5. The van der Waals surface area contributed by atoms with Gasteiger partial charge in [0, 0.05) is 10.0 Å². The Bertz CT molecular complexity index is 647. The lowest BCUT2D eigenvalue weighted by Crippen LogP contribution is -2.13. The molecular weight excluding hydrogens is 344 g/mol. The van der Waals surface area contributed by atoms with E-state index >= 15 is 0 Å². The van der Waals surface area contributed by atoms with Crippen LogP contribution in [0.4, 0.5) is 0 Å². The van der Waals surface area contributed by atoms with E-state index in [1.807, 2.05) is 24.3 Å². The van der Waals surface area contributed by atoms with Crippen molar-refractivity contribution in [2.75, 3.05) is 0 Å². The molecule has 6 heteroatoms. The first-order valence-corrected chi connectivity index (χ1v) is 6.92. The SMILES string of the molecule is N/C(=N/O)c1ccc(OCc2cccc(Br)c2)cc1Cl. The van der Waals surface area contributed by atoms with Crippen molar-refractivity contribution in [1.29, 1.82) is 0 Å². The van der Waals surface area contributed by atoms with Crippen molar-refractivity contribution in [2.45, 2.75) is 6.61 Å². The van der Waals surface area contributed by atoms with Crippen LogP contribution in [0, 0.1) is 0 Å². The maximum atomic E-state index is 8.63. The molecule has 0 heterocycles. The van der Waals surface area contributed by atoms with E-state index in [0.717, 1.165) is 10.0 Å². The number of nitrogens with zero attached hydrogens (tertiary/aromatic N) is 1. The lowest BCUT2D eigenvalue weighted by Gasteiger charge is -2.09. The van der Waals surface area contributed by atoms with Crippen molar-refractivity contribution in [3.05, 3.63) is 63.1 Å². The minimum Gasteiger partial charge on any atom is -0.489 e. The highest BCUT2D eigenvalue weighted by molar-refractivity contribution is 9.10.